The Morgan fingerprint density at radius 2 is 1.84 bits per heavy atom. The summed E-state index contributed by atoms with van der Waals surface area (Å²) >= 11 is 0. The normalized spacial score (nSPS) is 11.1. The van der Waals surface area contributed by atoms with Crippen LogP contribution in [0.5, 0.6) is 0 Å². The van der Waals surface area contributed by atoms with Gasteiger partial charge in [0.2, 0.25) is 11.8 Å². The summed E-state index contributed by atoms with van der Waals surface area (Å²) in [7, 11) is 3.32. The van der Waals surface area contributed by atoms with Gasteiger partial charge in [0.15, 0.2) is 0 Å². The van der Waals surface area contributed by atoms with Gasteiger partial charge in [-0.05, 0) is 5.56 Å². The summed E-state index contributed by atoms with van der Waals surface area (Å²) < 4.78 is 0. The minimum Gasteiger partial charge on any atom is -0.347 e. The van der Waals surface area contributed by atoms with Crippen molar-refractivity contribution < 1.29 is 9.59 Å². The number of carbonyl (C=O) groups excluding carboxylic acids is 2. The molecule has 1 atom stereocenters. The number of nitrogens with one attached hydrogen (secondary N) is 1. The molecule has 19 heavy (non-hydrogen) atoms. The van der Waals surface area contributed by atoms with Gasteiger partial charge < -0.3 is 16.0 Å². The van der Waals surface area contributed by atoms with Crippen LogP contribution in [0.1, 0.15) is 5.56 Å². The maximum Gasteiger partial charge on any atom is 0.244 e. The van der Waals surface area contributed by atoms with E-state index in [2.05, 4.69) is 5.32 Å². The highest BCUT2D eigenvalue weighted by atomic mass is 35.5. The Hall–Kier alpha value is -1.59. The van der Waals surface area contributed by atoms with Gasteiger partial charge in [-0.25, -0.2) is 0 Å². The largest absolute Gasteiger partial charge is 0.347 e. The molecule has 3 N–H and O–H groups in total. The molecule has 0 heterocycles. The minimum atomic E-state index is -0.571. The van der Waals surface area contributed by atoms with Crippen LogP contribution in [0.15, 0.2) is 30.3 Å². The molecule has 0 aliphatic carbocycles. The van der Waals surface area contributed by atoms with E-state index in [4.69, 9.17) is 5.73 Å². The summed E-state index contributed by atoms with van der Waals surface area (Å²) in [6.45, 7) is -0.119. The van der Waals surface area contributed by atoms with Crippen molar-refractivity contribution in [1.29, 1.82) is 0 Å². The summed E-state index contributed by atoms with van der Waals surface area (Å²) in [6, 6.07) is 8.98. The van der Waals surface area contributed by atoms with Crippen LogP contribution < -0.4 is 11.1 Å². The third kappa shape index (κ3) is 5.72. The number of nitrogens with zero attached hydrogens (tertiary/aromatic N) is 1. The fraction of sp³-hybridized carbons (Fsp3) is 0.385. The van der Waals surface area contributed by atoms with E-state index in [0.29, 0.717) is 6.42 Å². The van der Waals surface area contributed by atoms with E-state index in [9.17, 15) is 9.59 Å². The first-order valence-electron chi connectivity index (χ1n) is 5.79. The molecule has 1 unspecified atom stereocenters. The Kier molecular flexibility index (Phi) is 7.79. The van der Waals surface area contributed by atoms with Crippen LogP contribution in [0.3, 0.4) is 0 Å². The number of hydrogen-bond donors (Lipinski definition) is 2. The standard InChI is InChI=1S/C13H19N3O2.ClH/c1-16(2)13(18)11(15-12(17)9-14)8-10-6-4-3-5-7-10;/h3-7,11H,8-9,14H2,1-2H3,(H,15,17);1H. The monoisotopic (exact) mass is 285 g/mol. The van der Waals surface area contributed by atoms with E-state index in [1.54, 1.807) is 14.1 Å². The Balaban J connectivity index is 0.00000324. The molecule has 0 fully saturated rings. The molecule has 0 aliphatic rings. The van der Waals surface area contributed by atoms with Gasteiger partial charge in [-0.1, -0.05) is 30.3 Å². The van der Waals surface area contributed by atoms with Crippen molar-refractivity contribution >= 4 is 24.2 Å². The average Bonchev–Trinajstić information content (AvgIpc) is 2.38. The second-order valence-corrected chi connectivity index (χ2v) is 4.25. The number of likely N-dealkylation sites (N-methyl/N-ethyl adjacent to an activating group) is 1. The molecule has 2 amide bonds. The zero-order chi connectivity index (χ0) is 13.5. The first-order chi connectivity index (χ1) is 8.54. The summed E-state index contributed by atoms with van der Waals surface area (Å²) in [5.74, 6) is -0.466. The first kappa shape index (κ1) is 17.4. The molecular weight excluding hydrogens is 266 g/mol. The highest BCUT2D eigenvalue weighted by Crippen LogP contribution is 2.05. The van der Waals surface area contributed by atoms with Crippen LogP contribution >= 0.6 is 12.4 Å². The highest BCUT2D eigenvalue weighted by Gasteiger charge is 2.21. The average molecular weight is 286 g/mol. The van der Waals surface area contributed by atoms with Crippen LogP contribution in [-0.4, -0.2) is 43.4 Å². The Morgan fingerprint density at radius 3 is 2.32 bits per heavy atom. The maximum atomic E-state index is 12.0. The van der Waals surface area contributed by atoms with E-state index in [1.807, 2.05) is 30.3 Å². The third-order valence-corrected chi connectivity index (χ3v) is 2.54. The Bertz CT molecular complexity index is 410. The molecule has 106 valence electrons. The lowest BCUT2D eigenvalue weighted by atomic mass is 10.0. The van der Waals surface area contributed by atoms with Gasteiger partial charge in [0.1, 0.15) is 6.04 Å². The lowest BCUT2D eigenvalue weighted by molar-refractivity contribution is -0.134. The van der Waals surface area contributed by atoms with Crippen LogP contribution in [0.4, 0.5) is 0 Å². The number of benzene rings is 1. The zero-order valence-corrected chi connectivity index (χ0v) is 11.9. The van der Waals surface area contributed by atoms with Gasteiger partial charge >= 0.3 is 0 Å². The molecule has 0 saturated carbocycles. The van der Waals surface area contributed by atoms with Gasteiger partial charge in [-0.15, -0.1) is 12.4 Å². The Labute approximate surface area is 119 Å². The van der Waals surface area contributed by atoms with Crippen molar-refractivity contribution in [2.75, 3.05) is 20.6 Å². The van der Waals surface area contributed by atoms with Gasteiger partial charge in [-0.3, -0.25) is 9.59 Å². The van der Waals surface area contributed by atoms with E-state index < -0.39 is 6.04 Å². The summed E-state index contributed by atoms with van der Waals surface area (Å²) in [6.07, 6.45) is 0.462. The number of hydrogen-bond acceptors (Lipinski definition) is 3. The Morgan fingerprint density at radius 1 is 1.26 bits per heavy atom. The van der Waals surface area contributed by atoms with Crippen molar-refractivity contribution in [3.05, 3.63) is 35.9 Å². The number of halogens is 1. The van der Waals surface area contributed by atoms with Crippen LogP contribution in [0.2, 0.25) is 0 Å². The summed E-state index contributed by atoms with van der Waals surface area (Å²) in [5, 5.41) is 2.64. The van der Waals surface area contributed by atoms with Crippen molar-refractivity contribution in [2.24, 2.45) is 5.73 Å². The van der Waals surface area contributed by atoms with Crippen molar-refractivity contribution in [3.8, 4) is 0 Å². The molecule has 0 spiro atoms. The molecule has 0 aliphatic heterocycles. The van der Waals surface area contributed by atoms with Crippen LogP contribution in [0.25, 0.3) is 0 Å². The number of rotatable bonds is 5. The fourth-order valence-corrected chi connectivity index (χ4v) is 1.61. The quantitative estimate of drug-likeness (QED) is 0.810. The molecule has 1 aromatic rings. The molecule has 6 heteroatoms. The summed E-state index contributed by atoms with van der Waals surface area (Å²) in [4.78, 5) is 24.8. The third-order valence-electron chi connectivity index (χ3n) is 2.54. The predicted molar refractivity (Wildman–Crippen MR) is 77.1 cm³/mol. The van der Waals surface area contributed by atoms with Gasteiger partial charge in [0.05, 0.1) is 6.54 Å². The molecule has 0 bridgehead atoms. The van der Waals surface area contributed by atoms with Crippen molar-refractivity contribution in [2.45, 2.75) is 12.5 Å². The predicted octanol–water partition coefficient (Wildman–Crippen LogP) is 0.183. The summed E-state index contributed by atoms with van der Waals surface area (Å²) in [5.41, 5.74) is 6.25. The lowest BCUT2D eigenvalue weighted by Gasteiger charge is -2.21. The second kappa shape index (κ2) is 8.50. The van der Waals surface area contributed by atoms with Crippen LogP contribution in [0, 0.1) is 0 Å². The number of carbonyl (C=O) groups is 2. The fourth-order valence-electron chi connectivity index (χ4n) is 1.61. The topological polar surface area (TPSA) is 75.4 Å². The van der Waals surface area contributed by atoms with Crippen LogP contribution in [-0.2, 0) is 16.0 Å². The van der Waals surface area contributed by atoms with E-state index >= 15 is 0 Å². The van der Waals surface area contributed by atoms with E-state index in [1.165, 1.54) is 4.90 Å². The first-order valence-corrected chi connectivity index (χ1v) is 5.79. The maximum absolute atomic E-state index is 12.0. The molecule has 0 saturated heterocycles. The minimum absolute atomic E-state index is 0. The molecule has 0 radical (unpaired) electrons. The zero-order valence-electron chi connectivity index (χ0n) is 11.1. The second-order valence-electron chi connectivity index (χ2n) is 4.25. The molecule has 0 aromatic heterocycles. The smallest absolute Gasteiger partial charge is 0.244 e. The molecule has 5 nitrogen and oxygen atoms in total. The lowest BCUT2D eigenvalue weighted by Crippen LogP contribution is -2.49. The van der Waals surface area contributed by atoms with Crippen molar-refractivity contribution in [1.82, 2.24) is 10.2 Å². The van der Waals surface area contributed by atoms with E-state index in [0.717, 1.165) is 5.56 Å². The highest BCUT2D eigenvalue weighted by molar-refractivity contribution is 5.88. The number of nitrogens with two attached hydrogens (primary N) is 1. The van der Waals surface area contributed by atoms with Gasteiger partial charge in [0.25, 0.3) is 0 Å². The molecule has 1 aromatic carbocycles. The van der Waals surface area contributed by atoms with Gasteiger partial charge in [-0.2, -0.15) is 0 Å². The molecule has 1 rings (SSSR count). The molecular formula is C13H20ClN3O2. The van der Waals surface area contributed by atoms with Crippen molar-refractivity contribution in [3.63, 3.8) is 0 Å². The number of amides is 2. The van der Waals surface area contributed by atoms with E-state index in [-0.39, 0.29) is 30.8 Å². The van der Waals surface area contributed by atoms with Gasteiger partial charge in [0, 0.05) is 20.5 Å². The SMILES string of the molecule is CN(C)C(=O)C(Cc1ccccc1)NC(=O)CN.Cl.